The topological polar surface area (TPSA) is 49.5 Å². The van der Waals surface area contributed by atoms with Gasteiger partial charge in [-0.3, -0.25) is 4.90 Å². The number of piperidine rings is 1. The van der Waals surface area contributed by atoms with Gasteiger partial charge in [0.25, 0.3) is 0 Å². The van der Waals surface area contributed by atoms with Crippen molar-refractivity contribution in [2.45, 2.75) is 64.5 Å². The van der Waals surface area contributed by atoms with Crippen LogP contribution in [0.5, 0.6) is 0 Å². The number of nitrogens with two attached hydrogens (primary N) is 1. The van der Waals surface area contributed by atoms with Gasteiger partial charge < -0.3 is 10.8 Å². The fourth-order valence-corrected chi connectivity index (χ4v) is 3.82. The van der Waals surface area contributed by atoms with E-state index in [2.05, 4.69) is 18.7 Å². The first kappa shape index (κ1) is 14.3. The molecule has 0 aromatic carbocycles. The molecule has 0 aromatic heterocycles. The maximum absolute atomic E-state index is 9.49. The quantitative estimate of drug-likeness (QED) is 0.810. The predicted octanol–water partition coefficient (Wildman–Crippen LogP) is 1.99. The van der Waals surface area contributed by atoms with Crippen molar-refractivity contribution in [2.75, 3.05) is 19.7 Å². The Balaban J connectivity index is 1.95. The molecule has 1 aliphatic carbocycles. The third-order valence-corrected chi connectivity index (χ3v) is 5.24. The molecule has 1 saturated heterocycles. The standard InChI is InChI=1S/C15H30N2O/c1-15(2)8-5-6-12(14(15)16)10-17-9-4-3-7-13(17)11-18/h12-14,18H,3-11,16H2,1-2H3. The van der Waals surface area contributed by atoms with E-state index in [0.717, 1.165) is 19.5 Å². The molecular formula is C15H30N2O. The number of aliphatic hydroxyl groups excluding tert-OH is 1. The zero-order valence-corrected chi connectivity index (χ0v) is 12.1. The van der Waals surface area contributed by atoms with Crippen LogP contribution in [0.25, 0.3) is 0 Å². The average molecular weight is 254 g/mol. The van der Waals surface area contributed by atoms with Gasteiger partial charge in [-0.15, -0.1) is 0 Å². The minimum atomic E-state index is 0.285. The van der Waals surface area contributed by atoms with Gasteiger partial charge in [-0.25, -0.2) is 0 Å². The molecule has 0 aromatic rings. The Morgan fingerprint density at radius 3 is 2.72 bits per heavy atom. The van der Waals surface area contributed by atoms with E-state index in [1.54, 1.807) is 0 Å². The monoisotopic (exact) mass is 254 g/mol. The molecule has 1 aliphatic heterocycles. The van der Waals surface area contributed by atoms with Crippen LogP contribution in [0.1, 0.15) is 52.4 Å². The molecule has 106 valence electrons. The SMILES string of the molecule is CC1(C)CCCC(CN2CCCCC2CO)C1N. The number of rotatable bonds is 3. The molecule has 3 heteroatoms. The number of hydrogen-bond acceptors (Lipinski definition) is 3. The summed E-state index contributed by atoms with van der Waals surface area (Å²) in [6.07, 6.45) is 7.53. The number of likely N-dealkylation sites (tertiary alicyclic amines) is 1. The smallest absolute Gasteiger partial charge is 0.0586 e. The molecular weight excluding hydrogens is 224 g/mol. The van der Waals surface area contributed by atoms with Crippen LogP contribution in [-0.4, -0.2) is 41.8 Å². The highest BCUT2D eigenvalue weighted by atomic mass is 16.3. The first-order valence-electron chi connectivity index (χ1n) is 7.65. The Hall–Kier alpha value is -0.120. The summed E-state index contributed by atoms with van der Waals surface area (Å²) in [5.41, 5.74) is 6.76. The third-order valence-electron chi connectivity index (χ3n) is 5.24. The van der Waals surface area contributed by atoms with Crippen LogP contribution in [0.3, 0.4) is 0 Å². The van der Waals surface area contributed by atoms with Gasteiger partial charge in [-0.05, 0) is 43.6 Å². The Kier molecular flexibility index (Phi) is 4.68. The zero-order chi connectivity index (χ0) is 13.2. The molecule has 3 N–H and O–H groups in total. The lowest BCUT2D eigenvalue weighted by Crippen LogP contribution is -2.53. The predicted molar refractivity (Wildman–Crippen MR) is 75.4 cm³/mol. The molecule has 2 fully saturated rings. The molecule has 0 spiro atoms. The molecule has 0 bridgehead atoms. The lowest BCUT2D eigenvalue weighted by molar-refractivity contribution is 0.0445. The van der Waals surface area contributed by atoms with Gasteiger partial charge in [0.05, 0.1) is 6.61 Å². The molecule has 3 atom stereocenters. The van der Waals surface area contributed by atoms with Gasteiger partial charge >= 0.3 is 0 Å². The van der Waals surface area contributed by atoms with E-state index >= 15 is 0 Å². The second kappa shape index (κ2) is 5.89. The molecule has 1 saturated carbocycles. The second-order valence-electron chi connectivity index (χ2n) is 6.99. The molecule has 2 aliphatic rings. The Labute approximate surface area is 112 Å². The zero-order valence-electron chi connectivity index (χ0n) is 12.1. The van der Waals surface area contributed by atoms with Crippen molar-refractivity contribution in [2.24, 2.45) is 17.1 Å². The molecule has 18 heavy (non-hydrogen) atoms. The summed E-state index contributed by atoms with van der Waals surface area (Å²) >= 11 is 0. The molecule has 2 rings (SSSR count). The van der Waals surface area contributed by atoms with Gasteiger partial charge in [0.15, 0.2) is 0 Å². The highest BCUT2D eigenvalue weighted by Crippen LogP contribution is 2.38. The third kappa shape index (κ3) is 3.06. The minimum Gasteiger partial charge on any atom is -0.395 e. The lowest BCUT2D eigenvalue weighted by atomic mass is 9.68. The van der Waals surface area contributed by atoms with Crippen LogP contribution in [0.2, 0.25) is 0 Å². The van der Waals surface area contributed by atoms with Crippen molar-refractivity contribution in [3.05, 3.63) is 0 Å². The number of nitrogens with zero attached hydrogens (tertiary/aromatic N) is 1. The van der Waals surface area contributed by atoms with Crippen LogP contribution in [0, 0.1) is 11.3 Å². The van der Waals surface area contributed by atoms with Crippen molar-refractivity contribution in [3.8, 4) is 0 Å². The van der Waals surface area contributed by atoms with Crippen LogP contribution >= 0.6 is 0 Å². The highest BCUT2D eigenvalue weighted by molar-refractivity contribution is 4.93. The number of aliphatic hydroxyl groups is 1. The van der Waals surface area contributed by atoms with Gasteiger partial charge in [0.2, 0.25) is 0 Å². The summed E-state index contributed by atoms with van der Waals surface area (Å²) in [4.78, 5) is 2.50. The molecule has 0 amide bonds. The van der Waals surface area contributed by atoms with E-state index in [9.17, 15) is 5.11 Å². The second-order valence-corrected chi connectivity index (χ2v) is 6.99. The van der Waals surface area contributed by atoms with E-state index in [-0.39, 0.29) is 5.41 Å². The summed E-state index contributed by atoms with van der Waals surface area (Å²) in [6.45, 7) is 7.17. The Bertz CT molecular complexity index is 267. The first-order valence-corrected chi connectivity index (χ1v) is 7.65. The van der Waals surface area contributed by atoms with E-state index < -0.39 is 0 Å². The normalized spacial score (nSPS) is 37.7. The largest absolute Gasteiger partial charge is 0.395 e. The van der Waals surface area contributed by atoms with Gasteiger partial charge in [0, 0.05) is 18.6 Å². The minimum absolute atomic E-state index is 0.285. The van der Waals surface area contributed by atoms with Gasteiger partial charge in [-0.2, -0.15) is 0 Å². The van der Waals surface area contributed by atoms with Gasteiger partial charge in [-0.1, -0.05) is 26.7 Å². The van der Waals surface area contributed by atoms with Crippen LogP contribution in [0.15, 0.2) is 0 Å². The van der Waals surface area contributed by atoms with E-state index in [4.69, 9.17) is 5.73 Å². The van der Waals surface area contributed by atoms with E-state index in [0.29, 0.717) is 24.6 Å². The molecule has 0 radical (unpaired) electrons. The fourth-order valence-electron chi connectivity index (χ4n) is 3.82. The maximum Gasteiger partial charge on any atom is 0.0586 e. The Morgan fingerprint density at radius 1 is 1.22 bits per heavy atom. The lowest BCUT2D eigenvalue weighted by Gasteiger charge is -2.45. The summed E-state index contributed by atoms with van der Waals surface area (Å²) in [6, 6.07) is 0.698. The van der Waals surface area contributed by atoms with Crippen molar-refractivity contribution in [1.29, 1.82) is 0 Å². The van der Waals surface area contributed by atoms with Crippen molar-refractivity contribution in [3.63, 3.8) is 0 Å². The van der Waals surface area contributed by atoms with Crippen LogP contribution < -0.4 is 5.73 Å². The summed E-state index contributed by atoms with van der Waals surface area (Å²) in [5.74, 6) is 0.612. The summed E-state index contributed by atoms with van der Waals surface area (Å²) in [7, 11) is 0. The maximum atomic E-state index is 9.49. The molecule has 3 nitrogen and oxygen atoms in total. The first-order chi connectivity index (χ1) is 8.54. The summed E-state index contributed by atoms with van der Waals surface area (Å²) in [5, 5.41) is 9.49. The Morgan fingerprint density at radius 2 is 2.00 bits per heavy atom. The van der Waals surface area contributed by atoms with Crippen LogP contribution in [0.4, 0.5) is 0 Å². The van der Waals surface area contributed by atoms with Crippen molar-refractivity contribution >= 4 is 0 Å². The van der Waals surface area contributed by atoms with Crippen LogP contribution in [-0.2, 0) is 0 Å². The number of hydrogen-bond donors (Lipinski definition) is 2. The van der Waals surface area contributed by atoms with Crippen molar-refractivity contribution in [1.82, 2.24) is 4.90 Å². The summed E-state index contributed by atoms with van der Waals surface area (Å²) < 4.78 is 0. The molecule has 1 heterocycles. The van der Waals surface area contributed by atoms with Crippen molar-refractivity contribution < 1.29 is 5.11 Å². The average Bonchev–Trinajstić information content (AvgIpc) is 2.35. The van der Waals surface area contributed by atoms with Gasteiger partial charge in [0.1, 0.15) is 0 Å². The molecule has 3 unspecified atom stereocenters. The fraction of sp³-hybridized carbons (Fsp3) is 1.00. The van der Waals surface area contributed by atoms with E-state index in [1.165, 1.54) is 32.1 Å². The van der Waals surface area contributed by atoms with E-state index in [1.807, 2.05) is 0 Å². The highest BCUT2D eigenvalue weighted by Gasteiger charge is 2.37.